The third kappa shape index (κ3) is 3.55. The fraction of sp³-hybridized carbons (Fsp3) is 0.350. The zero-order valence-electron chi connectivity index (χ0n) is 13.8. The van der Waals surface area contributed by atoms with Crippen LogP contribution in [0.15, 0.2) is 54.6 Å². The van der Waals surface area contributed by atoms with E-state index in [1.54, 1.807) is 0 Å². The van der Waals surface area contributed by atoms with E-state index in [2.05, 4.69) is 12.1 Å². The minimum absolute atomic E-state index is 0.0714. The summed E-state index contributed by atoms with van der Waals surface area (Å²) in [6.07, 6.45) is 2.18. The molecule has 120 valence electrons. The van der Waals surface area contributed by atoms with Gasteiger partial charge in [0.1, 0.15) is 5.75 Å². The van der Waals surface area contributed by atoms with Gasteiger partial charge in [0.2, 0.25) is 0 Å². The fourth-order valence-corrected chi connectivity index (χ4v) is 2.99. The lowest BCUT2D eigenvalue weighted by Crippen LogP contribution is -2.47. The molecule has 2 aromatic carbocycles. The maximum absolute atomic E-state index is 12.6. The number of amides is 1. The van der Waals surface area contributed by atoms with Crippen LogP contribution in [0.3, 0.4) is 0 Å². The lowest BCUT2D eigenvalue weighted by atomic mass is 10.1. The molecule has 0 N–H and O–H groups in total. The van der Waals surface area contributed by atoms with E-state index in [4.69, 9.17) is 4.74 Å². The van der Waals surface area contributed by atoms with Crippen LogP contribution in [0.2, 0.25) is 0 Å². The van der Waals surface area contributed by atoms with E-state index in [1.165, 1.54) is 5.56 Å². The molecule has 0 aliphatic carbocycles. The van der Waals surface area contributed by atoms with Gasteiger partial charge in [0.05, 0.1) is 0 Å². The minimum atomic E-state index is -0.835. The first kappa shape index (κ1) is 15.6. The fourth-order valence-electron chi connectivity index (χ4n) is 2.99. The first-order valence-corrected chi connectivity index (χ1v) is 8.20. The van der Waals surface area contributed by atoms with Crippen LogP contribution in [-0.2, 0) is 4.79 Å². The van der Waals surface area contributed by atoms with Crippen LogP contribution >= 0.6 is 0 Å². The summed E-state index contributed by atoms with van der Waals surface area (Å²) >= 11 is 0. The molecule has 0 radical (unpaired) electrons. The summed E-state index contributed by atoms with van der Waals surface area (Å²) in [6, 6.07) is 18.1. The summed E-state index contributed by atoms with van der Waals surface area (Å²) in [6.45, 7) is 5.38. The Labute approximate surface area is 137 Å². The summed E-state index contributed by atoms with van der Waals surface area (Å²) in [5.74, 6) is 0.796. The smallest absolute Gasteiger partial charge is 0.266 e. The molecule has 3 heteroatoms. The highest BCUT2D eigenvalue weighted by Gasteiger charge is 2.35. The molecule has 1 amide bonds. The monoisotopic (exact) mass is 309 g/mol. The minimum Gasteiger partial charge on any atom is -0.478 e. The van der Waals surface area contributed by atoms with Crippen molar-refractivity contribution in [3.8, 4) is 16.9 Å². The molecule has 1 aliphatic heterocycles. The van der Waals surface area contributed by atoms with Gasteiger partial charge in [-0.1, -0.05) is 42.5 Å². The Hall–Kier alpha value is -2.29. The molecule has 1 aliphatic rings. The van der Waals surface area contributed by atoms with Crippen LogP contribution in [-0.4, -0.2) is 29.5 Å². The van der Waals surface area contributed by atoms with Gasteiger partial charge in [0.25, 0.3) is 5.91 Å². The van der Waals surface area contributed by atoms with Crippen molar-refractivity contribution in [2.24, 2.45) is 0 Å². The topological polar surface area (TPSA) is 29.5 Å². The highest BCUT2D eigenvalue weighted by Crippen LogP contribution is 2.26. The Morgan fingerprint density at radius 1 is 0.913 bits per heavy atom. The Morgan fingerprint density at radius 3 is 2.09 bits per heavy atom. The molecule has 0 unspecified atom stereocenters. The van der Waals surface area contributed by atoms with Crippen molar-refractivity contribution in [1.29, 1.82) is 0 Å². The van der Waals surface area contributed by atoms with E-state index in [0.29, 0.717) is 0 Å². The molecule has 0 aromatic heterocycles. The van der Waals surface area contributed by atoms with Crippen LogP contribution in [0.1, 0.15) is 26.7 Å². The molecule has 0 saturated carbocycles. The van der Waals surface area contributed by atoms with Gasteiger partial charge in [-0.25, -0.2) is 0 Å². The Balaban J connectivity index is 1.71. The van der Waals surface area contributed by atoms with Gasteiger partial charge in [-0.05, 0) is 49.9 Å². The van der Waals surface area contributed by atoms with Gasteiger partial charge in [0.15, 0.2) is 5.60 Å². The molecule has 0 atom stereocenters. The summed E-state index contributed by atoms with van der Waals surface area (Å²) in [5.41, 5.74) is 1.48. The van der Waals surface area contributed by atoms with E-state index in [1.807, 2.05) is 61.2 Å². The first-order valence-electron chi connectivity index (χ1n) is 8.20. The third-order valence-electron chi connectivity index (χ3n) is 4.24. The van der Waals surface area contributed by atoms with E-state index < -0.39 is 5.60 Å². The number of carbonyl (C=O) groups excluding carboxylic acids is 1. The molecule has 1 heterocycles. The molecule has 23 heavy (non-hydrogen) atoms. The lowest BCUT2D eigenvalue weighted by Gasteiger charge is -2.30. The molecule has 0 spiro atoms. The molecule has 3 rings (SSSR count). The zero-order valence-corrected chi connectivity index (χ0v) is 13.8. The van der Waals surface area contributed by atoms with Crippen molar-refractivity contribution >= 4 is 5.91 Å². The molecule has 3 nitrogen and oxygen atoms in total. The van der Waals surface area contributed by atoms with Crippen molar-refractivity contribution in [1.82, 2.24) is 4.90 Å². The number of likely N-dealkylation sites (tertiary alicyclic amines) is 1. The van der Waals surface area contributed by atoms with Crippen LogP contribution in [0.5, 0.6) is 5.75 Å². The average molecular weight is 309 g/mol. The number of benzene rings is 2. The van der Waals surface area contributed by atoms with Crippen molar-refractivity contribution in [3.63, 3.8) is 0 Å². The first-order chi connectivity index (χ1) is 11.1. The van der Waals surface area contributed by atoms with Gasteiger partial charge in [0, 0.05) is 13.1 Å². The average Bonchev–Trinajstić information content (AvgIpc) is 3.09. The Kier molecular flexibility index (Phi) is 4.37. The van der Waals surface area contributed by atoms with Gasteiger partial charge >= 0.3 is 0 Å². The second-order valence-electron chi connectivity index (χ2n) is 6.50. The van der Waals surface area contributed by atoms with E-state index >= 15 is 0 Å². The lowest BCUT2D eigenvalue weighted by molar-refractivity contribution is -0.144. The highest BCUT2D eigenvalue weighted by atomic mass is 16.5. The molecule has 0 bridgehead atoms. The maximum atomic E-state index is 12.6. The van der Waals surface area contributed by atoms with Crippen molar-refractivity contribution in [2.45, 2.75) is 32.3 Å². The van der Waals surface area contributed by atoms with Gasteiger partial charge in [-0.2, -0.15) is 0 Å². The third-order valence-corrected chi connectivity index (χ3v) is 4.24. The van der Waals surface area contributed by atoms with Gasteiger partial charge in [-0.15, -0.1) is 0 Å². The quantitative estimate of drug-likeness (QED) is 0.849. The van der Waals surface area contributed by atoms with Crippen LogP contribution in [0, 0.1) is 0 Å². The predicted molar refractivity (Wildman–Crippen MR) is 92.4 cm³/mol. The summed E-state index contributed by atoms with van der Waals surface area (Å²) < 4.78 is 5.98. The SMILES string of the molecule is CC(C)(Oc1ccc(-c2ccccc2)cc1)C(=O)N1CCCC1. The van der Waals surface area contributed by atoms with Crippen LogP contribution < -0.4 is 4.74 Å². The Morgan fingerprint density at radius 2 is 1.48 bits per heavy atom. The van der Waals surface area contributed by atoms with Crippen LogP contribution in [0.25, 0.3) is 11.1 Å². The van der Waals surface area contributed by atoms with Gasteiger partial charge in [-0.3, -0.25) is 4.79 Å². The number of ether oxygens (including phenoxy) is 1. The number of nitrogens with zero attached hydrogens (tertiary/aromatic N) is 1. The zero-order chi connectivity index (χ0) is 16.3. The Bertz CT molecular complexity index is 656. The largest absolute Gasteiger partial charge is 0.478 e. The summed E-state index contributed by atoms with van der Waals surface area (Å²) in [4.78, 5) is 14.5. The van der Waals surface area contributed by atoms with E-state index in [0.717, 1.165) is 37.2 Å². The van der Waals surface area contributed by atoms with Crippen molar-refractivity contribution in [3.05, 3.63) is 54.6 Å². The molecular weight excluding hydrogens is 286 g/mol. The molecule has 2 aromatic rings. The number of rotatable bonds is 4. The normalized spacial score (nSPS) is 14.8. The standard InChI is InChI=1S/C20H23NO2/c1-20(2,19(22)21-14-6-7-15-21)23-18-12-10-17(11-13-18)16-8-4-3-5-9-16/h3-5,8-13H,6-7,14-15H2,1-2H3. The van der Waals surface area contributed by atoms with E-state index in [-0.39, 0.29) is 5.91 Å². The summed E-state index contributed by atoms with van der Waals surface area (Å²) in [5, 5.41) is 0. The molecule has 1 fully saturated rings. The number of hydrogen-bond donors (Lipinski definition) is 0. The van der Waals surface area contributed by atoms with Crippen molar-refractivity contribution < 1.29 is 9.53 Å². The number of carbonyl (C=O) groups is 1. The van der Waals surface area contributed by atoms with Crippen LogP contribution in [0.4, 0.5) is 0 Å². The van der Waals surface area contributed by atoms with E-state index in [9.17, 15) is 4.79 Å². The molecular formula is C20H23NO2. The number of hydrogen-bond acceptors (Lipinski definition) is 2. The highest BCUT2D eigenvalue weighted by molar-refractivity contribution is 5.85. The predicted octanol–water partition coefficient (Wildman–Crippen LogP) is 4.13. The van der Waals surface area contributed by atoms with Crippen molar-refractivity contribution in [2.75, 3.05) is 13.1 Å². The van der Waals surface area contributed by atoms with Gasteiger partial charge < -0.3 is 9.64 Å². The second-order valence-corrected chi connectivity index (χ2v) is 6.50. The summed E-state index contributed by atoms with van der Waals surface area (Å²) in [7, 11) is 0. The molecule has 1 saturated heterocycles. The maximum Gasteiger partial charge on any atom is 0.266 e. The second kappa shape index (κ2) is 6.45.